The van der Waals surface area contributed by atoms with E-state index in [4.69, 9.17) is 10.5 Å². The normalized spacial score (nSPS) is 13.8. The van der Waals surface area contributed by atoms with Crippen molar-refractivity contribution in [3.05, 3.63) is 11.3 Å². The Kier molecular flexibility index (Phi) is 5.27. The molecule has 7 nitrogen and oxygen atoms in total. The Balaban J connectivity index is 2.80. The maximum atomic E-state index is 12.0. The number of H-pyrrole nitrogens is 1. The summed E-state index contributed by atoms with van der Waals surface area (Å²) >= 11 is 0. The van der Waals surface area contributed by atoms with Crippen LogP contribution in [0.25, 0.3) is 0 Å². The minimum absolute atomic E-state index is 0.0212. The maximum absolute atomic E-state index is 12.0. The first-order chi connectivity index (χ1) is 8.42. The second kappa shape index (κ2) is 6.28. The molecule has 0 saturated heterocycles. The summed E-state index contributed by atoms with van der Waals surface area (Å²) in [4.78, 5) is 0. The average Bonchev–Trinajstić information content (AvgIpc) is 2.69. The van der Waals surface area contributed by atoms with Gasteiger partial charge in [0.1, 0.15) is 0 Å². The molecule has 1 rings (SSSR count). The van der Waals surface area contributed by atoms with E-state index in [0.29, 0.717) is 24.4 Å². The predicted molar refractivity (Wildman–Crippen MR) is 67.4 cm³/mol. The van der Waals surface area contributed by atoms with Crippen LogP contribution in [-0.2, 0) is 21.3 Å². The molecule has 0 amide bonds. The van der Waals surface area contributed by atoms with Gasteiger partial charge in [0.15, 0.2) is 5.03 Å². The molecular weight excluding hydrogens is 256 g/mol. The van der Waals surface area contributed by atoms with Gasteiger partial charge >= 0.3 is 0 Å². The number of methoxy groups -OCH3 is 1. The van der Waals surface area contributed by atoms with Crippen LogP contribution in [0.5, 0.6) is 0 Å². The highest BCUT2D eigenvalue weighted by atomic mass is 32.2. The first kappa shape index (κ1) is 15.1. The van der Waals surface area contributed by atoms with Crippen molar-refractivity contribution >= 4 is 10.0 Å². The van der Waals surface area contributed by atoms with E-state index in [9.17, 15) is 8.42 Å². The molecule has 104 valence electrons. The number of aryl methyl sites for hydroxylation is 1. The minimum atomic E-state index is -3.62. The lowest BCUT2D eigenvalue weighted by Gasteiger charge is -2.11. The standard InChI is InChI=1S/C10H20N4O3S/c1-7(6-17-3)5-12-18(15,16)10-9(4-11)8(2)13-14-10/h7,12H,4-6,11H2,1-3H3,(H,13,14). The molecule has 8 heteroatoms. The van der Waals surface area contributed by atoms with Crippen molar-refractivity contribution in [1.82, 2.24) is 14.9 Å². The van der Waals surface area contributed by atoms with Crippen LogP contribution in [0, 0.1) is 12.8 Å². The Morgan fingerprint density at radius 1 is 1.56 bits per heavy atom. The molecule has 0 aliphatic carbocycles. The predicted octanol–water partition coefficient (Wildman–Crippen LogP) is -0.262. The third-order valence-corrected chi connectivity index (χ3v) is 3.96. The van der Waals surface area contributed by atoms with Crippen LogP contribution in [-0.4, -0.2) is 38.9 Å². The fourth-order valence-electron chi connectivity index (χ4n) is 1.56. The number of aromatic amines is 1. The smallest absolute Gasteiger partial charge is 0.260 e. The first-order valence-corrected chi connectivity index (χ1v) is 7.13. The number of hydrogen-bond acceptors (Lipinski definition) is 5. The molecule has 4 N–H and O–H groups in total. The molecule has 0 aliphatic rings. The van der Waals surface area contributed by atoms with Crippen molar-refractivity contribution in [2.45, 2.75) is 25.4 Å². The highest BCUT2D eigenvalue weighted by molar-refractivity contribution is 7.89. The van der Waals surface area contributed by atoms with Gasteiger partial charge in [-0.15, -0.1) is 0 Å². The lowest BCUT2D eigenvalue weighted by Crippen LogP contribution is -2.31. The van der Waals surface area contributed by atoms with Gasteiger partial charge in [-0.3, -0.25) is 5.10 Å². The fraction of sp³-hybridized carbons (Fsp3) is 0.700. The Bertz CT molecular complexity index is 483. The summed E-state index contributed by atoms with van der Waals surface area (Å²) in [6.07, 6.45) is 0. The number of rotatable bonds is 7. The van der Waals surface area contributed by atoms with Crippen LogP contribution < -0.4 is 10.5 Å². The summed E-state index contributed by atoms with van der Waals surface area (Å²) in [5, 5.41) is 6.41. The molecule has 0 bridgehead atoms. The number of aromatic nitrogens is 2. The Morgan fingerprint density at radius 2 is 2.22 bits per heavy atom. The molecule has 1 atom stereocenters. The highest BCUT2D eigenvalue weighted by Gasteiger charge is 2.23. The number of nitrogens with zero attached hydrogens (tertiary/aromatic N) is 1. The van der Waals surface area contributed by atoms with Crippen LogP contribution in [0.15, 0.2) is 5.03 Å². The summed E-state index contributed by atoms with van der Waals surface area (Å²) in [6, 6.07) is 0. The maximum Gasteiger partial charge on any atom is 0.260 e. The zero-order valence-electron chi connectivity index (χ0n) is 10.9. The van der Waals surface area contributed by atoms with Gasteiger partial charge in [-0.2, -0.15) is 5.10 Å². The molecule has 0 saturated carbocycles. The molecule has 0 aromatic carbocycles. The van der Waals surface area contributed by atoms with E-state index in [0.717, 1.165) is 0 Å². The minimum Gasteiger partial charge on any atom is -0.384 e. The molecule has 1 aromatic heterocycles. The van der Waals surface area contributed by atoms with Crippen LogP contribution in [0.2, 0.25) is 0 Å². The highest BCUT2D eigenvalue weighted by Crippen LogP contribution is 2.15. The van der Waals surface area contributed by atoms with Crippen LogP contribution in [0.1, 0.15) is 18.2 Å². The van der Waals surface area contributed by atoms with E-state index >= 15 is 0 Å². The van der Waals surface area contributed by atoms with Gasteiger partial charge < -0.3 is 10.5 Å². The van der Waals surface area contributed by atoms with E-state index < -0.39 is 10.0 Å². The lowest BCUT2D eigenvalue weighted by molar-refractivity contribution is 0.161. The van der Waals surface area contributed by atoms with Gasteiger partial charge in [0, 0.05) is 38.1 Å². The molecule has 1 aromatic rings. The molecule has 0 radical (unpaired) electrons. The molecule has 0 aliphatic heterocycles. The second-order valence-corrected chi connectivity index (χ2v) is 5.93. The Morgan fingerprint density at radius 3 is 2.78 bits per heavy atom. The zero-order valence-corrected chi connectivity index (χ0v) is 11.7. The van der Waals surface area contributed by atoms with Gasteiger partial charge in [-0.25, -0.2) is 13.1 Å². The molecule has 18 heavy (non-hydrogen) atoms. The topological polar surface area (TPSA) is 110 Å². The number of nitrogens with two attached hydrogens (primary N) is 1. The quantitative estimate of drug-likeness (QED) is 0.635. The average molecular weight is 276 g/mol. The van der Waals surface area contributed by atoms with Crippen molar-refractivity contribution < 1.29 is 13.2 Å². The van der Waals surface area contributed by atoms with Crippen molar-refractivity contribution in [3.8, 4) is 0 Å². The molecule has 0 fully saturated rings. The van der Waals surface area contributed by atoms with E-state index in [-0.39, 0.29) is 17.5 Å². The van der Waals surface area contributed by atoms with E-state index in [2.05, 4.69) is 14.9 Å². The van der Waals surface area contributed by atoms with Gasteiger partial charge in [0.05, 0.1) is 0 Å². The van der Waals surface area contributed by atoms with Crippen LogP contribution in [0.4, 0.5) is 0 Å². The summed E-state index contributed by atoms with van der Waals surface area (Å²) in [5.74, 6) is 0.0890. The molecular formula is C10H20N4O3S. The van der Waals surface area contributed by atoms with E-state index in [1.807, 2.05) is 6.92 Å². The van der Waals surface area contributed by atoms with Crippen molar-refractivity contribution in [3.63, 3.8) is 0 Å². The summed E-state index contributed by atoms with van der Waals surface area (Å²) in [6.45, 7) is 4.55. The van der Waals surface area contributed by atoms with E-state index in [1.165, 1.54) is 0 Å². The monoisotopic (exact) mass is 276 g/mol. The van der Waals surface area contributed by atoms with Gasteiger partial charge in [0.25, 0.3) is 10.0 Å². The van der Waals surface area contributed by atoms with Gasteiger partial charge in [-0.05, 0) is 12.8 Å². The summed E-state index contributed by atoms with van der Waals surface area (Å²) in [7, 11) is -2.05. The number of sulfonamides is 1. The zero-order chi connectivity index (χ0) is 13.8. The van der Waals surface area contributed by atoms with Crippen molar-refractivity contribution in [1.29, 1.82) is 0 Å². The van der Waals surface area contributed by atoms with Crippen molar-refractivity contribution in [2.75, 3.05) is 20.3 Å². The summed E-state index contributed by atoms with van der Waals surface area (Å²) < 4.78 is 31.5. The Hall–Kier alpha value is -0.960. The van der Waals surface area contributed by atoms with Crippen LogP contribution >= 0.6 is 0 Å². The molecule has 1 heterocycles. The third-order valence-electron chi connectivity index (χ3n) is 2.57. The first-order valence-electron chi connectivity index (χ1n) is 5.64. The number of hydrogen-bond donors (Lipinski definition) is 3. The largest absolute Gasteiger partial charge is 0.384 e. The van der Waals surface area contributed by atoms with Gasteiger partial charge in [0.2, 0.25) is 0 Å². The van der Waals surface area contributed by atoms with E-state index in [1.54, 1.807) is 14.0 Å². The molecule has 0 spiro atoms. The lowest BCUT2D eigenvalue weighted by atomic mass is 10.2. The van der Waals surface area contributed by atoms with Crippen LogP contribution in [0.3, 0.4) is 0 Å². The van der Waals surface area contributed by atoms with Crippen molar-refractivity contribution in [2.24, 2.45) is 11.7 Å². The number of nitrogens with one attached hydrogen (secondary N) is 2. The second-order valence-electron chi connectivity index (χ2n) is 4.25. The molecule has 1 unspecified atom stereocenters. The SMILES string of the molecule is COCC(C)CNS(=O)(=O)c1n[nH]c(C)c1CN. The third kappa shape index (κ3) is 3.52. The summed E-state index contributed by atoms with van der Waals surface area (Å²) in [5.41, 5.74) is 6.71. The fourth-order valence-corrected chi connectivity index (χ4v) is 2.92. The Labute approximate surface area is 107 Å². The number of ether oxygens (including phenoxy) is 1. The van der Waals surface area contributed by atoms with Gasteiger partial charge in [-0.1, -0.05) is 6.92 Å².